The third-order valence-corrected chi connectivity index (χ3v) is 2.51. The van der Waals surface area contributed by atoms with Crippen LogP contribution in [0.15, 0.2) is 29.8 Å². The molecular formula is C12H13FO. The summed E-state index contributed by atoms with van der Waals surface area (Å²) in [5.41, 5.74) is 2.03. The van der Waals surface area contributed by atoms with Gasteiger partial charge < -0.3 is 5.11 Å². The van der Waals surface area contributed by atoms with Gasteiger partial charge in [0.1, 0.15) is 5.82 Å². The van der Waals surface area contributed by atoms with E-state index in [0.29, 0.717) is 5.92 Å². The van der Waals surface area contributed by atoms with Gasteiger partial charge in [0.05, 0.1) is 6.61 Å². The highest BCUT2D eigenvalue weighted by Gasteiger charge is 2.24. The normalized spacial score (nSPS) is 17.1. The van der Waals surface area contributed by atoms with Crippen molar-refractivity contribution in [1.82, 2.24) is 0 Å². The third kappa shape index (κ3) is 2.20. The highest BCUT2D eigenvalue weighted by molar-refractivity contribution is 5.54. The van der Waals surface area contributed by atoms with Gasteiger partial charge in [-0.05, 0) is 42.0 Å². The molecule has 1 nitrogen and oxygen atoms in total. The summed E-state index contributed by atoms with van der Waals surface area (Å²) in [6.07, 6.45) is 4.30. The van der Waals surface area contributed by atoms with E-state index in [4.69, 9.17) is 5.11 Å². The van der Waals surface area contributed by atoms with Gasteiger partial charge in [0, 0.05) is 0 Å². The van der Waals surface area contributed by atoms with Gasteiger partial charge in [0.2, 0.25) is 0 Å². The predicted molar refractivity (Wildman–Crippen MR) is 54.2 cm³/mol. The van der Waals surface area contributed by atoms with Crippen LogP contribution in [0.1, 0.15) is 18.4 Å². The first-order valence-electron chi connectivity index (χ1n) is 4.86. The summed E-state index contributed by atoms with van der Waals surface area (Å²) in [6.45, 7) is 0.113. The van der Waals surface area contributed by atoms with Crippen molar-refractivity contribution in [2.75, 3.05) is 6.61 Å². The van der Waals surface area contributed by atoms with Crippen LogP contribution in [-0.4, -0.2) is 11.7 Å². The smallest absolute Gasteiger partial charge is 0.123 e. The monoisotopic (exact) mass is 192 g/mol. The summed E-state index contributed by atoms with van der Waals surface area (Å²) < 4.78 is 12.6. The van der Waals surface area contributed by atoms with Crippen molar-refractivity contribution in [1.29, 1.82) is 0 Å². The Morgan fingerprint density at radius 1 is 1.36 bits per heavy atom. The summed E-state index contributed by atoms with van der Waals surface area (Å²) >= 11 is 0. The van der Waals surface area contributed by atoms with E-state index < -0.39 is 0 Å². The molecule has 14 heavy (non-hydrogen) atoms. The molecule has 1 fully saturated rings. The fourth-order valence-corrected chi connectivity index (χ4v) is 1.52. The third-order valence-electron chi connectivity index (χ3n) is 2.51. The molecule has 0 amide bonds. The lowest BCUT2D eigenvalue weighted by molar-refractivity contribution is 0.326. The van der Waals surface area contributed by atoms with Crippen molar-refractivity contribution < 1.29 is 9.50 Å². The van der Waals surface area contributed by atoms with Gasteiger partial charge in [-0.1, -0.05) is 18.2 Å². The molecule has 0 radical (unpaired) electrons. The molecule has 1 saturated carbocycles. The quantitative estimate of drug-likeness (QED) is 0.780. The van der Waals surface area contributed by atoms with Gasteiger partial charge in [0.25, 0.3) is 0 Å². The van der Waals surface area contributed by atoms with Crippen LogP contribution in [0, 0.1) is 11.7 Å². The maximum absolute atomic E-state index is 12.6. The second-order valence-corrected chi connectivity index (χ2v) is 3.70. The Balaban J connectivity index is 2.17. The SMILES string of the molecule is OC/C(=C\c1ccc(F)cc1)C1CC1. The summed E-state index contributed by atoms with van der Waals surface area (Å²) in [5, 5.41) is 9.11. The number of hydrogen-bond acceptors (Lipinski definition) is 1. The zero-order chi connectivity index (χ0) is 9.97. The Morgan fingerprint density at radius 3 is 2.50 bits per heavy atom. The largest absolute Gasteiger partial charge is 0.392 e. The highest BCUT2D eigenvalue weighted by Crippen LogP contribution is 2.36. The number of hydrogen-bond donors (Lipinski definition) is 1. The van der Waals surface area contributed by atoms with Crippen molar-refractivity contribution in [2.24, 2.45) is 5.92 Å². The first-order chi connectivity index (χ1) is 6.79. The van der Waals surface area contributed by atoms with Crippen LogP contribution in [-0.2, 0) is 0 Å². The average Bonchev–Trinajstić information content (AvgIpc) is 3.01. The number of aliphatic hydroxyl groups excluding tert-OH is 1. The maximum atomic E-state index is 12.6. The van der Waals surface area contributed by atoms with Crippen LogP contribution >= 0.6 is 0 Å². The Morgan fingerprint density at radius 2 is 2.00 bits per heavy atom. The van der Waals surface area contributed by atoms with Crippen molar-refractivity contribution in [3.05, 3.63) is 41.2 Å². The van der Waals surface area contributed by atoms with Crippen molar-refractivity contribution in [2.45, 2.75) is 12.8 Å². The molecule has 0 saturated heterocycles. The number of halogens is 1. The summed E-state index contributed by atoms with van der Waals surface area (Å²) in [6, 6.07) is 6.34. The second-order valence-electron chi connectivity index (χ2n) is 3.70. The van der Waals surface area contributed by atoms with Crippen LogP contribution in [0.5, 0.6) is 0 Å². The molecule has 0 heterocycles. The second kappa shape index (κ2) is 3.93. The van der Waals surface area contributed by atoms with Gasteiger partial charge in [-0.3, -0.25) is 0 Å². The van der Waals surface area contributed by atoms with Crippen LogP contribution in [0.3, 0.4) is 0 Å². The Labute approximate surface area is 82.9 Å². The predicted octanol–water partition coefficient (Wildman–Crippen LogP) is 2.61. The maximum Gasteiger partial charge on any atom is 0.123 e. The molecule has 0 bridgehead atoms. The van der Waals surface area contributed by atoms with Crippen molar-refractivity contribution in [3.63, 3.8) is 0 Å². The fourth-order valence-electron chi connectivity index (χ4n) is 1.52. The first-order valence-corrected chi connectivity index (χ1v) is 4.86. The molecule has 0 atom stereocenters. The molecule has 0 unspecified atom stereocenters. The topological polar surface area (TPSA) is 20.2 Å². The van der Waals surface area contributed by atoms with E-state index in [2.05, 4.69) is 0 Å². The van der Waals surface area contributed by atoms with Gasteiger partial charge in [-0.15, -0.1) is 0 Å². The average molecular weight is 192 g/mol. The molecule has 0 spiro atoms. The van der Waals surface area contributed by atoms with Gasteiger partial charge in [0.15, 0.2) is 0 Å². The lowest BCUT2D eigenvalue weighted by Gasteiger charge is -2.01. The molecule has 1 aliphatic carbocycles. The van der Waals surface area contributed by atoms with E-state index in [9.17, 15) is 4.39 Å². The zero-order valence-corrected chi connectivity index (χ0v) is 7.91. The molecule has 0 aromatic heterocycles. The molecule has 2 heteroatoms. The highest BCUT2D eigenvalue weighted by atomic mass is 19.1. The van der Waals surface area contributed by atoms with Gasteiger partial charge >= 0.3 is 0 Å². The van der Waals surface area contributed by atoms with Crippen molar-refractivity contribution >= 4 is 6.08 Å². The van der Waals surface area contributed by atoms with E-state index >= 15 is 0 Å². The standard InChI is InChI=1S/C12H13FO/c13-12-5-1-9(2-6-12)7-11(8-14)10-3-4-10/h1-2,5-7,10,14H,3-4,8H2/b11-7+. The fraction of sp³-hybridized carbons (Fsp3) is 0.333. The van der Waals surface area contributed by atoms with E-state index in [1.807, 2.05) is 6.08 Å². The molecule has 1 N–H and O–H groups in total. The molecular weight excluding hydrogens is 179 g/mol. The molecule has 74 valence electrons. The number of aliphatic hydroxyl groups is 1. The molecule has 1 aliphatic rings. The molecule has 2 rings (SSSR count). The molecule has 1 aromatic carbocycles. The molecule has 0 aliphatic heterocycles. The Hall–Kier alpha value is -1.15. The number of benzene rings is 1. The van der Waals surface area contributed by atoms with E-state index in [1.165, 1.54) is 25.0 Å². The number of rotatable bonds is 3. The zero-order valence-electron chi connectivity index (χ0n) is 7.91. The van der Waals surface area contributed by atoms with Crippen LogP contribution < -0.4 is 0 Å². The minimum absolute atomic E-state index is 0.113. The van der Waals surface area contributed by atoms with Crippen molar-refractivity contribution in [3.8, 4) is 0 Å². The summed E-state index contributed by atoms with van der Waals surface area (Å²) in [5.74, 6) is 0.337. The Bertz CT molecular complexity index is 336. The Kier molecular flexibility index (Phi) is 2.64. The van der Waals surface area contributed by atoms with E-state index in [-0.39, 0.29) is 12.4 Å². The van der Waals surface area contributed by atoms with Crippen LogP contribution in [0.2, 0.25) is 0 Å². The summed E-state index contributed by atoms with van der Waals surface area (Å²) in [4.78, 5) is 0. The van der Waals surface area contributed by atoms with Crippen LogP contribution in [0.4, 0.5) is 4.39 Å². The van der Waals surface area contributed by atoms with E-state index in [1.54, 1.807) is 12.1 Å². The first kappa shape index (κ1) is 9.41. The van der Waals surface area contributed by atoms with E-state index in [0.717, 1.165) is 11.1 Å². The van der Waals surface area contributed by atoms with Crippen LogP contribution in [0.25, 0.3) is 6.08 Å². The van der Waals surface area contributed by atoms with Gasteiger partial charge in [-0.25, -0.2) is 4.39 Å². The summed E-state index contributed by atoms with van der Waals surface area (Å²) in [7, 11) is 0. The minimum Gasteiger partial charge on any atom is -0.392 e. The molecule has 1 aromatic rings. The minimum atomic E-state index is -0.223. The lowest BCUT2D eigenvalue weighted by atomic mass is 10.1. The van der Waals surface area contributed by atoms with Gasteiger partial charge in [-0.2, -0.15) is 0 Å². The lowest BCUT2D eigenvalue weighted by Crippen LogP contribution is -1.92.